The molecule has 0 saturated carbocycles. The summed E-state index contributed by atoms with van der Waals surface area (Å²) in [4.78, 5) is 36.0. The molecule has 0 unspecified atom stereocenters. The largest absolute Gasteiger partial charge is 0.493 e. The first-order chi connectivity index (χ1) is 12.8. The number of carbonyl (C=O) groups is 2. The molecule has 1 heterocycles. The van der Waals surface area contributed by atoms with E-state index in [1.165, 1.54) is 31.4 Å². The Morgan fingerprint density at radius 1 is 1.07 bits per heavy atom. The van der Waals surface area contributed by atoms with Gasteiger partial charge in [0.2, 0.25) is 0 Å². The standard InChI is InChI=1S/C17H12F2N2O6/c1-26-14-6-9(2-5-13(14)27-17(18)19)8-20-15(22)11-4-3-10(21(24)25)7-12(11)16(20)23/h2-7,17H,8H2,1H3. The maximum absolute atomic E-state index is 12.5. The first-order valence-corrected chi connectivity index (χ1v) is 7.58. The number of rotatable bonds is 6. The van der Waals surface area contributed by atoms with Gasteiger partial charge in [0.05, 0.1) is 29.7 Å². The Morgan fingerprint density at radius 3 is 2.41 bits per heavy atom. The fourth-order valence-electron chi connectivity index (χ4n) is 2.72. The number of benzene rings is 2. The number of fused-ring (bicyclic) bond motifs is 1. The molecule has 0 atom stereocenters. The lowest BCUT2D eigenvalue weighted by Crippen LogP contribution is -2.29. The van der Waals surface area contributed by atoms with Crippen molar-refractivity contribution in [3.05, 3.63) is 63.2 Å². The SMILES string of the molecule is COc1cc(CN2C(=O)c3ccc([N+](=O)[O-])cc3C2=O)ccc1OC(F)F. The lowest BCUT2D eigenvalue weighted by atomic mass is 10.1. The summed E-state index contributed by atoms with van der Waals surface area (Å²) in [5.74, 6) is -1.45. The van der Waals surface area contributed by atoms with Crippen LogP contribution in [0.3, 0.4) is 0 Å². The van der Waals surface area contributed by atoms with Gasteiger partial charge in [0.1, 0.15) is 0 Å². The molecule has 2 aromatic rings. The van der Waals surface area contributed by atoms with Crippen molar-refractivity contribution >= 4 is 17.5 Å². The number of amides is 2. The second kappa shape index (κ2) is 6.98. The van der Waals surface area contributed by atoms with Crippen LogP contribution in [0.25, 0.3) is 0 Å². The topological polar surface area (TPSA) is 99.0 Å². The van der Waals surface area contributed by atoms with Crippen LogP contribution in [0.4, 0.5) is 14.5 Å². The molecule has 1 aliphatic heterocycles. The minimum Gasteiger partial charge on any atom is -0.493 e. The smallest absolute Gasteiger partial charge is 0.387 e. The molecule has 0 spiro atoms. The average Bonchev–Trinajstić information content (AvgIpc) is 2.87. The molecule has 0 aromatic heterocycles. The molecule has 10 heteroatoms. The van der Waals surface area contributed by atoms with Gasteiger partial charge in [-0.15, -0.1) is 0 Å². The fraction of sp³-hybridized carbons (Fsp3) is 0.176. The van der Waals surface area contributed by atoms with E-state index < -0.39 is 23.3 Å². The van der Waals surface area contributed by atoms with Gasteiger partial charge in [-0.25, -0.2) is 0 Å². The van der Waals surface area contributed by atoms with Crippen LogP contribution >= 0.6 is 0 Å². The lowest BCUT2D eigenvalue weighted by Gasteiger charge is -2.16. The van der Waals surface area contributed by atoms with E-state index in [9.17, 15) is 28.5 Å². The Kier molecular flexibility index (Phi) is 4.72. The Balaban J connectivity index is 1.87. The summed E-state index contributed by atoms with van der Waals surface area (Å²) in [5, 5.41) is 10.9. The third-order valence-electron chi connectivity index (χ3n) is 3.95. The Hall–Kier alpha value is -3.56. The summed E-state index contributed by atoms with van der Waals surface area (Å²) in [6.45, 7) is -3.19. The Morgan fingerprint density at radius 2 is 1.78 bits per heavy atom. The number of carbonyl (C=O) groups excluding carboxylic acids is 2. The van der Waals surface area contributed by atoms with Crippen LogP contribution in [-0.4, -0.2) is 35.4 Å². The van der Waals surface area contributed by atoms with E-state index in [4.69, 9.17) is 4.74 Å². The number of ether oxygens (including phenoxy) is 2. The summed E-state index contributed by atoms with van der Waals surface area (Å²) in [6.07, 6.45) is 0. The van der Waals surface area contributed by atoms with Gasteiger partial charge in [-0.1, -0.05) is 6.07 Å². The molecule has 2 amide bonds. The van der Waals surface area contributed by atoms with E-state index >= 15 is 0 Å². The minimum absolute atomic E-state index is 0.0139. The zero-order valence-electron chi connectivity index (χ0n) is 13.8. The normalized spacial score (nSPS) is 13.1. The number of nitro benzene ring substituents is 1. The van der Waals surface area contributed by atoms with Crippen LogP contribution in [0.2, 0.25) is 0 Å². The van der Waals surface area contributed by atoms with E-state index in [1.54, 1.807) is 0 Å². The average molecular weight is 378 g/mol. The molecule has 0 radical (unpaired) electrons. The summed E-state index contributed by atoms with van der Waals surface area (Å²) < 4.78 is 34.1. The first kappa shape index (κ1) is 18.2. The van der Waals surface area contributed by atoms with Gasteiger partial charge in [0.15, 0.2) is 11.5 Å². The molecule has 0 bridgehead atoms. The molecule has 0 aliphatic carbocycles. The van der Waals surface area contributed by atoms with Crippen molar-refractivity contribution in [2.45, 2.75) is 13.2 Å². The van der Waals surface area contributed by atoms with Gasteiger partial charge < -0.3 is 9.47 Å². The number of imide groups is 1. The third kappa shape index (κ3) is 3.41. The number of halogens is 2. The van der Waals surface area contributed by atoms with Crippen LogP contribution in [-0.2, 0) is 6.54 Å². The van der Waals surface area contributed by atoms with Crippen LogP contribution in [0, 0.1) is 10.1 Å². The quantitative estimate of drug-likeness (QED) is 0.435. The first-order valence-electron chi connectivity index (χ1n) is 7.58. The molecule has 140 valence electrons. The van der Waals surface area contributed by atoms with Crippen molar-refractivity contribution in [1.29, 1.82) is 0 Å². The zero-order chi connectivity index (χ0) is 19.7. The number of hydrogen-bond acceptors (Lipinski definition) is 6. The predicted octanol–water partition coefficient (Wildman–Crippen LogP) is 3.00. The molecule has 0 fully saturated rings. The van der Waals surface area contributed by atoms with Gasteiger partial charge in [-0.05, 0) is 23.8 Å². The number of nitrogens with zero attached hydrogens (tertiary/aromatic N) is 2. The fourth-order valence-corrected chi connectivity index (χ4v) is 2.72. The van der Waals surface area contributed by atoms with Crippen molar-refractivity contribution in [3.8, 4) is 11.5 Å². The van der Waals surface area contributed by atoms with Crippen molar-refractivity contribution in [1.82, 2.24) is 4.90 Å². The molecule has 8 nitrogen and oxygen atoms in total. The Bertz CT molecular complexity index is 947. The van der Waals surface area contributed by atoms with Crippen LogP contribution in [0.1, 0.15) is 26.3 Å². The molecule has 0 saturated heterocycles. The van der Waals surface area contributed by atoms with Crippen molar-refractivity contribution in [3.63, 3.8) is 0 Å². The highest BCUT2D eigenvalue weighted by Crippen LogP contribution is 2.32. The molecule has 3 rings (SSSR count). The molecular formula is C17H12F2N2O6. The summed E-state index contributed by atoms with van der Waals surface area (Å²) in [6, 6.07) is 7.44. The highest BCUT2D eigenvalue weighted by Gasteiger charge is 2.36. The van der Waals surface area contributed by atoms with Crippen molar-refractivity contribution < 1.29 is 32.8 Å². The molecule has 2 aromatic carbocycles. The van der Waals surface area contributed by atoms with Gasteiger partial charge in [0.25, 0.3) is 17.5 Å². The van der Waals surface area contributed by atoms with Crippen LogP contribution in [0.15, 0.2) is 36.4 Å². The zero-order valence-corrected chi connectivity index (χ0v) is 13.8. The van der Waals surface area contributed by atoms with Crippen molar-refractivity contribution in [2.24, 2.45) is 0 Å². The monoisotopic (exact) mass is 378 g/mol. The molecule has 27 heavy (non-hydrogen) atoms. The van der Waals surface area contributed by atoms with Gasteiger partial charge in [0, 0.05) is 12.1 Å². The summed E-state index contributed by atoms with van der Waals surface area (Å²) in [5.41, 5.74) is 0.137. The second-order valence-corrected chi connectivity index (χ2v) is 5.55. The third-order valence-corrected chi connectivity index (χ3v) is 3.95. The van der Waals surface area contributed by atoms with E-state index in [-0.39, 0.29) is 34.9 Å². The van der Waals surface area contributed by atoms with E-state index in [0.717, 1.165) is 17.0 Å². The van der Waals surface area contributed by atoms with E-state index in [2.05, 4.69) is 4.74 Å². The van der Waals surface area contributed by atoms with Crippen LogP contribution < -0.4 is 9.47 Å². The maximum Gasteiger partial charge on any atom is 0.387 e. The number of hydrogen-bond donors (Lipinski definition) is 0. The highest BCUT2D eigenvalue weighted by molar-refractivity contribution is 6.21. The van der Waals surface area contributed by atoms with E-state index in [0.29, 0.717) is 5.56 Å². The number of alkyl halides is 2. The lowest BCUT2D eigenvalue weighted by molar-refractivity contribution is -0.384. The van der Waals surface area contributed by atoms with Gasteiger partial charge in [-0.3, -0.25) is 24.6 Å². The minimum atomic E-state index is -3.03. The van der Waals surface area contributed by atoms with E-state index in [1.807, 2.05) is 0 Å². The highest BCUT2D eigenvalue weighted by atomic mass is 19.3. The predicted molar refractivity (Wildman–Crippen MR) is 86.9 cm³/mol. The summed E-state index contributed by atoms with van der Waals surface area (Å²) >= 11 is 0. The number of methoxy groups -OCH3 is 1. The Labute approximate surface area is 151 Å². The number of non-ortho nitro benzene ring substituents is 1. The summed E-state index contributed by atoms with van der Waals surface area (Å²) in [7, 11) is 1.26. The molecular weight excluding hydrogens is 366 g/mol. The van der Waals surface area contributed by atoms with Gasteiger partial charge in [-0.2, -0.15) is 8.78 Å². The van der Waals surface area contributed by atoms with Gasteiger partial charge >= 0.3 is 6.61 Å². The van der Waals surface area contributed by atoms with Crippen LogP contribution in [0.5, 0.6) is 11.5 Å². The molecule has 0 N–H and O–H groups in total. The molecule has 1 aliphatic rings. The number of nitro groups is 1. The maximum atomic E-state index is 12.5. The second-order valence-electron chi connectivity index (χ2n) is 5.55. The van der Waals surface area contributed by atoms with Crippen molar-refractivity contribution in [2.75, 3.05) is 7.11 Å².